The van der Waals surface area contributed by atoms with Gasteiger partial charge in [-0.2, -0.15) is 0 Å². The summed E-state index contributed by atoms with van der Waals surface area (Å²) < 4.78 is 0. The molecule has 2 atom stereocenters. The summed E-state index contributed by atoms with van der Waals surface area (Å²) in [6.45, 7) is 12.0. The molecule has 2 heterocycles. The van der Waals surface area contributed by atoms with E-state index in [0.717, 1.165) is 63.5 Å². The highest BCUT2D eigenvalue weighted by atomic mass is 16.1. The molecule has 0 radical (unpaired) electrons. The van der Waals surface area contributed by atoms with Crippen molar-refractivity contribution in [3.8, 4) is 0 Å². The zero-order chi connectivity index (χ0) is 24.3. The van der Waals surface area contributed by atoms with Crippen LogP contribution in [0, 0.1) is 0 Å². The van der Waals surface area contributed by atoms with Gasteiger partial charge in [0.05, 0.1) is 11.3 Å². The lowest BCUT2D eigenvalue weighted by atomic mass is 9.67. The molecule has 0 N–H and O–H groups in total. The largest absolute Gasteiger partial charge is 0.304 e. The molecular formula is C29H42N4O. The minimum absolute atomic E-state index is 0.0327. The highest BCUT2D eigenvalue weighted by molar-refractivity contribution is 5.97. The SMILES string of the molecule is CCN(CC1(c2ccccc2)CN(C)CC(c2ccccc2)C1=O)C1(C)CN(C)CCN(C)C1. The molecule has 2 aromatic rings. The van der Waals surface area contributed by atoms with Gasteiger partial charge in [-0.25, -0.2) is 0 Å². The fourth-order valence-electron chi connectivity index (χ4n) is 6.41. The van der Waals surface area contributed by atoms with E-state index in [-0.39, 0.29) is 11.5 Å². The normalized spacial score (nSPS) is 27.1. The third kappa shape index (κ3) is 4.99. The number of hydrogen-bond donors (Lipinski definition) is 0. The van der Waals surface area contributed by atoms with Crippen LogP contribution < -0.4 is 0 Å². The Bertz CT molecular complexity index is 937. The first-order chi connectivity index (χ1) is 16.3. The Kier molecular flexibility index (Phi) is 7.58. The van der Waals surface area contributed by atoms with Crippen LogP contribution in [0.5, 0.6) is 0 Å². The second-order valence-corrected chi connectivity index (χ2v) is 11.0. The average molecular weight is 463 g/mol. The van der Waals surface area contributed by atoms with Gasteiger partial charge in [-0.1, -0.05) is 67.6 Å². The molecule has 5 nitrogen and oxygen atoms in total. The molecule has 34 heavy (non-hydrogen) atoms. The lowest BCUT2D eigenvalue weighted by Gasteiger charge is -2.51. The van der Waals surface area contributed by atoms with E-state index in [9.17, 15) is 4.79 Å². The molecule has 0 amide bonds. The molecule has 2 saturated heterocycles. The lowest BCUT2D eigenvalue weighted by Crippen LogP contribution is -2.65. The summed E-state index contributed by atoms with van der Waals surface area (Å²) in [6.07, 6.45) is 0. The number of hydrogen-bond acceptors (Lipinski definition) is 5. The van der Waals surface area contributed by atoms with Gasteiger partial charge in [-0.15, -0.1) is 0 Å². The van der Waals surface area contributed by atoms with Gasteiger partial charge in [0, 0.05) is 51.4 Å². The quantitative estimate of drug-likeness (QED) is 0.658. The summed E-state index contributed by atoms with van der Waals surface area (Å²) in [5.41, 5.74) is 1.67. The summed E-state index contributed by atoms with van der Waals surface area (Å²) in [5.74, 6) is 0.242. The van der Waals surface area contributed by atoms with Crippen molar-refractivity contribution in [2.45, 2.75) is 30.7 Å². The number of rotatable bonds is 6. The summed E-state index contributed by atoms with van der Waals surface area (Å²) in [4.78, 5) is 24.4. The Morgan fingerprint density at radius 2 is 1.41 bits per heavy atom. The van der Waals surface area contributed by atoms with Gasteiger partial charge in [0.1, 0.15) is 0 Å². The zero-order valence-electron chi connectivity index (χ0n) is 21.7. The molecule has 2 aliphatic rings. The van der Waals surface area contributed by atoms with Gasteiger partial charge in [0.2, 0.25) is 0 Å². The first-order valence-electron chi connectivity index (χ1n) is 12.7. The first kappa shape index (κ1) is 25.1. The van der Waals surface area contributed by atoms with Gasteiger partial charge in [0.15, 0.2) is 5.78 Å². The van der Waals surface area contributed by atoms with E-state index < -0.39 is 5.41 Å². The molecule has 0 bridgehead atoms. The van der Waals surface area contributed by atoms with Crippen molar-refractivity contribution >= 4 is 5.78 Å². The molecule has 2 aliphatic heterocycles. The molecule has 0 aliphatic carbocycles. The molecule has 2 fully saturated rings. The van der Waals surface area contributed by atoms with Crippen LogP contribution in [-0.2, 0) is 10.2 Å². The average Bonchev–Trinajstić information content (AvgIpc) is 2.97. The van der Waals surface area contributed by atoms with E-state index in [4.69, 9.17) is 0 Å². The van der Waals surface area contributed by atoms with Crippen LogP contribution in [0.3, 0.4) is 0 Å². The number of carbonyl (C=O) groups excluding carboxylic acids is 1. The smallest absolute Gasteiger partial charge is 0.154 e. The maximum Gasteiger partial charge on any atom is 0.154 e. The number of piperidine rings is 1. The van der Waals surface area contributed by atoms with Crippen molar-refractivity contribution in [1.29, 1.82) is 0 Å². The monoisotopic (exact) mass is 462 g/mol. The molecule has 5 heteroatoms. The Balaban J connectivity index is 1.77. The Morgan fingerprint density at radius 1 is 0.853 bits per heavy atom. The van der Waals surface area contributed by atoms with Crippen molar-refractivity contribution in [2.75, 3.05) is 73.5 Å². The van der Waals surface area contributed by atoms with Crippen molar-refractivity contribution in [3.05, 3.63) is 71.8 Å². The molecule has 184 valence electrons. The van der Waals surface area contributed by atoms with Gasteiger partial charge >= 0.3 is 0 Å². The minimum atomic E-state index is -0.572. The Hall–Kier alpha value is -2.05. The van der Waals surface area contributed by atoms with E-state index in [1.165, 1.54) is 0 Å². The predicted molar refractivity (Wildman–Crippen MR) is 140 cm³/mol. The predicted octanol–water partition coefficient (Wildman–Crippen LogP) is 3.18. The highest BCUT2D eigenvalue weighted by Crippen LogP contribution is 2.39. The van der Waals surface area contributed by atoms with Gasteiger partial charge < -0.3 is 14.7 Å². The Morgan fingerprint density at radius 3 is 1.97 bits per heavy atom. The van der Waals surface area contributed by atoms with Crippen LogP contribution in [0.2, 0.25) is 0 Å². The zero-order valence-corrected chi connectivity index (χ0v) is 21.7. The molecule has 0 saturated carbocycles. The van der Waals surface area contributed by atoms with Gasteiger partial charge in [0.25, 0.3) is 0 Å². The van der Waals surface area contributed by atoms with E-state index >= 15 is 0 Å². The summed E-state index contributed by atoms with van der Waals surface area (Å²) in [5, 5.41) is 0. The van der Waals surface area contributed by atoms with Crippen LogP contribution in [0.25, 0.3) is 0 Å². The number of carbonyl (C=O) groups is 1. The van der Waals surface area contributed by atoms with Crippen LogP contribution in [0.4, 0.5) is 0 Å². The minimum Gasteiger partial charge on any atom is -0.304 e. The molecule has 0 aromatic heterocycles. The third-order valence-corrected chi connectivity index (χ3v) is 8.04. The van der Waals surface area contributed by atoms with Crippen LogP contribution in [0.15, 0.2) is 60.7 Å². The molecule has 2 unspecified atom stereocenters. The van der Waals surface area contributed by atoms with Crippen molar-refractivity contribution in [3.63, 3.8) is 0 Å². The maximum absolute atomic E-state index is 14.6. The summed E-state index contributed by atoms with van der Waals surface area (Å²) in [6, 6.07) is 20.9. The number of likely N-dealkylation sites (N-methyl/N-ethyl adjacent to an activating group) is 4. The molecule has 0 spiro atoms. The fourth-order valence-corrected chi connectivity index (χ4v) is 6.41. The second-order valence-electron chi connectivity index (χ2n) is 11.0. The van der Waals surface area contributed by atoms with Gasteiger partial charge in [-0.05, 0) is 45.7 Å². The summed E-state index contributed by atoms with van der Waals surface area (Å²) >= 11 is 0. The highest BCUT2D eigenvalue weighted by Gasteiger charge is 2.51. The number of likely N-dealkylation sites (tertiary alicyclic amines) is 1. The third-order valence-electron chi connectivity index (χ3n) is 8.04. The number of Topliss-reactive ketones (excluding diaryl/α,β-unsaturated/α-hetero) is 1. The number of benzene rings is 2. The van der Waals surface area contributed by atoms with Crippen LogP contribution in [0.1, 0.15) is 30.9 Å². The Labute approximate surface area is 206 Å². The molecule has 4 rings (SSSR count). The topological polar surface area (TPSA) is 30.0 Å². The molecule has 2 aromatic carbocycles. The number of nitrogens with zero attached hydrogens (tertiary/aromatic N) is 4. The lowest BCUT2D eigenvalue weighted by molar-refractivity contribution is -0.132. The van der Waals surface area contributed by atoms with Crippen molar-refractivity contribution < 1.29 is 4.79 Å². The molecular weight excluding hydrogens is 420 g/mol. The van der Waals surface area contributed by atoms with E-state index in [1.54, 1.807) is 0 Å². The van der Waals surface area contributed by atoms with E-state index in [2.05, 4.69) is 109 Å². The van der Waals surface area contributed by atoms with Crippen LogP contribution in [-0.4, -0.2) is 104 Å². The maximum atomic E-state index is 14.6. The fraction of sp³-hybridized carbons (Fsp3) is 0.552. The van der Waals surface area contributed by atoms with E-state index in [0.29, 0.717) is 5.78 Å². The first-order valence-corrected chi connectivity index (χ1v) is 12.7. The van der Waals surface area contributed by atoms with Crippen LogP contribution >= 0.6 is 0 Å². The van der Waals surface area contributed by atoms with Crippen molar-refractivity contribution in [2.24, 2.45) is 0 Å². The second kappa shape index (κ2) is 10.3. The van der Waals surface area contributed by atoms with Crippen molar-refractivity contribution in [1.82, 2.24) is 19.6 Å². The standard InChI is InChI=1S/C29H42N4O/c1-6-33(28(2)20-30(3)17-18-31(4)21-28)23-29(25-15-11-8-12-16-25)22-32(5)19-26(27(29)34)24-13-9-7-10-14-24/h7-16,26H,6,17-23H2,1-5H3. The van der Waals surface area contributed by atoms with E-state index in [1.807, 2.05) is 6.07 Å². The summed E-state index contributed by atoms with van der Waals surface area (Å²) in [7, 11) is 6.62. The van der Waals surface area contributed by atoms with Gasteiger partial charge in [-0.3, -0.25) is 9.69 Å². The number of ketones is 1.